The van der Waals surface area contributed by atoms with Crippen LogP contribution in [0.4, 0.5) is 18.9 Å². The van der Waals surface area contributed by atoms with E-state index in [-0.39, 0.29) is 17.9 Å². The maximum absolute atomic E-state index is 12.7. The molecule has 0 aliphatic rings. The smallest absolute Gasteiger partial charge is 0.416 e. The maximum Gasteiger partial charge on any atom is 0.416 e. The Labute approximate surface area is 194 Å². The standard InChI is InChI=1S/C25H24F3N3O3/c1-14(2)23-20(13-22(32)33)15(3)29-21(31-23)12-16-4-10-19(11-5-16)30-24(34)17-6-8-18(9-7-17)25(26,27)28/h4-11,14H,12-13H2,1-3H3,(H,30,34)(H,32,33). The Morgan fingerprint density at radius 1 is 1.00 bits per heavy atom. The summed E-state index contributed by atoms with van der Waals surface area (Å²) in [5.74, 6) is -0.847. The third-order valence-corrected chi connectivity index (χ3v) is 5.22. The number of carbonyl (C=O) groups excluding carboxylic acids is 1. The van der Waals surface area contributed by atoms with Crippen LogP contribution in [-0.2, 0) is 23.8 Å². The molecule has 0 radical (unpaired) electrons. The molecule has 0 aliphatic carbocycles. The van der Waals surface area contributed by atoms with Crippen molar-refractivity contribution in [2.75, 3.05) is 5.32 Å². The molecule has 0 bridgehead atoms. The van der Waals surface area contributed by atoms with Gasteiger partial charge in [0.1, 0.15) is 5.82 Å². The molecule has 0 unspecified atom stereocenters. The highest BCUT2D eigenvalue weighted by Crippen LogP contribution is 2.29. The van der Waals surface area contributed by atoms with Crippen molar-refractivity contribution >= 4 is 17.6 Å². The van der Waals surface area contributed by atoms with E-state index in [2.05, 4.69) is 15.3 Å². The number of carboxylic acids is 1. The minimum atomic E-state index is -4.46. The number of aryl methyl sites for hydroxylation is 1. The van der Waals surface area contributed by atoms with Crippen molar-refractivity contribution in [2.45, 2.75) is 45.7 Å². The predicted octanol–water partition coefficient (Wildman–Crippen LogP) is 5.40. The first kappa shape index (κ1) is 24.9. The molecule has 0 saturated carbocycles. The number of nitrogens with one attached hydrogen (secondary N) is 1. The molecule has 3 rings (SSSR count). The minimum absolute atomic E-state index is 0.0394. The van der Waals surface area contributed by atoms with E-state index < -0.39 is 23.6 Å². The second-order valence-corrected chi connectivity index (χ2v) is 8.22. The summed E-state index contributed by atoms with van der Waals surface area (Å²) in [6.45, 7) is 5.67. The fourth-order valence-corrected chi connectivity index (χ4v) is 3.51. The number of halogens is 3. The summed E-state index contributed by atoms with van der Waals surface area (Å²) in [5, 5.41) is 11.8. The molecule has 0 aliphatic heterocycles. The summed E-state index contributed by atoms with van der Waals surface area (Å²) in [5.41, 5.74) is 2.65. The van der Waals surface area contributed by atoms with Crippen LogP contribution in [0.2, 0.25) is 0 Å². The van der Waals surface area contributed by atoms with Crippen LogP contribution in [0.25, 0.3) is 0 Å². The van der Waals surface area contributed by atoms with Crippen LogP contribution < -0.4 is 5.32 Å². The number of aliphatic carboxylic acids is 1. The lowest BCUT2D eigenvalue weighted by molar-refractivity contribution is -0.138. The second-order valence-electron chi connectivity index (χ2n) is 8.22. The first-order valence-corrected chi connectivity index (χ1v) is 10.6. The van der Waals surface area contributed by atoms with Crippen LogP contribution in [-0.4, -0.2) is 27.0 Å². The molecular formula is C25H24F3N3O3. The van der Waals surface area contributed by atoms with Gasteiger partial charge in [0.25, 0.3) is 5.91 Å². The Bertz CT molecular complexity index is 1190. The highest BCUT2D eigenvalue weighted by molar-refractivity contribution is 6.04. The lowest BCUT2D eigenvalue weighted by Gasteiger charge is -2.15. The molecular weight excluding hydrogens is 447 g/mol. The van der Waals surface area contributed by atoms with E-state index >= 15 is 0 Å². The quantitative estimate of drug-likeness (QED) is 0.482. The number of hydrogen-bond donors (Lipinski definition) is 2. The number of hydrogen-bond acceptors (Lipinski definition) is 4. The van der Waals surface area contributed by atoms with Crippen LogP contribution in [0.5, 0.6) is 0 Å². The van der Waals surface area contributed by atoms with Gasteiger partial charge in [-0.05, 0) is 54.8 Å². The first-order chi connectivity index (χ1) is 15.9. The third kappa shape index (κ3) is 6.18. The van der Waals surface area contributed by atoms with Gasteiger partial charge in [0.15, 0.2) is 0 Å². The summed E-state index contributed by atoms with van der Waals surface area (Å²) in [4.78, 5) is 32.6. The number of aromatic nitrogens is 2. The van der Waals surface area contributed by atoms with Crippen molar-refractivity contribution in [1.82, 2.24) is 9.97 Å². The SMILES string of the molecule is Cc1nc(Cc2ccc(NC(=O)c3ccc(C(F)(F)F)cc3)cc2)nc(C(C)C)c1CC(=O)O. The molecule has 6 nitrogen and oxygen atoms in total. The van der Waals surface area contributed by atoms with Gasteiger partial charge in [-0.1, -0.05) is 26.0 Å². The Balaban J connectivity index is 1.71. The lowest BCUT2D eigenvalue weighted by Crippen LogP contribution is -2.13. The largest absolute Gasteiger partial charge is 0.481 e. The Kier molecular flexibility index (Phi) is 7.34. The number of amides is 1. The molecule has 0 spiro atoms. The zero-order chi connectivity index (χ0) is 25.0. The fourth-order valence-electron chi connectivity index (χ4n) is 3.51. The minimum Gasteiger partial charge on any atom is -0.481 e. The summed E-state index contributed by atoms with van der Waals surface area (Å²) in [6.07, 6.45) is -4.17. The number of anilines is 1. The van der Waals surface area contributed by atoms with Crippen LogP contribution in [0.3, 0.4) is 0 Å². The Morgan fingerprint density at radius 3 is 2.15 bits per heavy atom. The zero-order valence-electron chi connectivity index (χ0n) is 18.9. The molecule has 34 heavy (non-hydrogen) atoms. The molecule has 1 heterocycles. The fraction of sp³-hybridized carbons (Fsp3) is 0.280. The molecule has 3 aromatic rings. The molecule has 1 aromatic heterocycles. The van der Waals surface area contributed by atoms with Gasteiger partial charge in [0.05, 0.1) is 17.7 Å². The van der Waals surface area contributed by atoms with Crippen LogP contribution >= 0.6 is 0 Å². The number of carbonyl (C=O) groups is 2. The summed E-state index contributed by atoms with van der Waals surface area (Å²) in [7, 11) is 0. The van der Waals surface area contributed by atoms with Crippen LogP contribution in [0, 0.1) is 6.92 Å². The molecule has 0 saturated heterocycles. The molecule has 1 amide bonds. The van der Waals surface area contributed by atoms with Gasteiger partial charge in [0.2, 0.25) is 0 Å². The van der Waals surface area contributed by atoms with Gasteiger partial charge >= 0.3 is 12.1 Å². The summed E-state index contributed by atoms with van der Waals surface area (Å²) >= 11 is 0. The van der Waals surface area contributed by atoms with Gasteiger partial charge in [-0.25, -0.2) is 9.97 Å². The Hall–Kier alpha value is -3.75. The van der Waals surface area contributed by atoms with E-state index in [1.54, 1.807) is 31.2 Å². The molecule has 0 atom stereocenters. The maximum atomic E-state index is 12.7. The average molecular weight is 471 g/mol. The van der Waals surface area contributed by atoms with E-state index in [4.69, 9.17) is 0 Å². The highest BCUT2D eigenvalue weighted by atomic mass is 19.4. The van der Waals surface area contributed by atoms with Crippen molar-refractivity contribution in [2.24, 2.45) is 0 Å². The van der Waals surface area contributed by atoms with E-state index in [0.717, 1.165) is 29.8 Å². The number of rotatable bonds is 7. The number of carboxylic acid groups (broad SMARTS) is 1. The monoisotopic (exact) mass is 471 g/mol. The highest BCUT2D eigenvalue weighted by Gasteiger charge is 2.30. The van der Waals surface area contributed by atoms with Crippen molar-refractivity contribution in [1.29, 1.82) is 0 Å². The predicted molar refractivity (Wildman–Crippen MR) is 121 cm³/mol. The third-order valence-electron chi connectivity index (χ3n) is 5.22. The van der Waals surface area contributed by atoms with E-state index in [9.17, 15) is 27.9 Å². The number of nitrogens with zero attached hydrogens (tertiary/aromatic N) is 2. The summed E-state index contributed by atoms with van der Waals surface area (Å²) < 4.78 is 38.0. The van der Waals surface area contributed by atoms with Gasteiger partial charge in [-0.2, -0.15) is 13.2 Å². The molecule has 178 valence electrons. The van der Waals surface area contributed by atoms with Gasteiger partial charge < -0.3 is 10.4 Å². The van der Waals surface area contributed by atoms with Crippen LogP contribution in [0.1, 0.15) is 64.0 Å². The van der Waals surface area contributed by atoms with Crippen molar-refractivity contribution in [3.05, 3.63) is 88.0 Å². The van der Waals surface area contributed by atoms with E-state index in [0.29, 0.717) is 34.9 Å². The number of benzene rings is 2. The number of alkyl halides is 3. The van der Waals surface area contributed by atoms with Gasteiger partial charge in [-0.3, -0.25) is 9.59 Å². The van der Waals surface area contributed by atoms with E-state index in [1.165, 1.54) is 0 Å². The van der Waals surface area contributed by atoms with Gasteiger partial charge in [0, 0.05) is 28.9 Å². The molecule has 9 heteroatoms. The molecule has 0 fully saturated rings. The van der Waals surface area contributed by atoms with Crippen molar-refractivity contribution < 1.29 is 27.9 Å². The zero-order valence-corrected chi connectivity index (χ0v) is 18.9. The van der Waals surface area contributed by atoms with Crippen molar-refractivity contribution in [3.63, 3.8) is 0 Å². The Morgan fingerprint density at radius 2 is 1.62 bits per heavy atom. The van der Waals surface area contributed by atoms with Gasteiger partial charge in [-0.15, -0.1) is 0 Å². The lowest BCUT2D eigenvalue weighted by atomic mass is 9.99. The van der Waals surface area contributed by atoms with Crippen molar-refractivity contribution in [3.8, 4) is 0 Å². The second kappa shape index (κ2) is 10.0. The topological polar surface area (TPSA) is 92.2 Å². The van der Waals surface area contributed by atoms with E-state index in [1.807, 2.05) is 13.8 Å². The summed E-state index contributed by atoms with van der Waals surface area (Å²) in [6, 6.07) is 11.0. The molecule has 2 aromatic carbocycles. The van der Waals surface area contributed by atoms with Crippen LogP contribution in [0.15, 0.2) is 48.5 Å². The molecule has 2 N–H and O–H groups in total. The average Bonchev–Trinajstić information content (AvgIpc) is 2.76. The normalized spacial score (nSPS) is 11.5. The first-order valence-electron chi connectivity index (χ1n) is 10.6.